The van der Waals surface area contributed by atoms with Crippen molar-refractivity contribution in [3.63, 3.8) is 0 Å². The molecule has 1 aromatic rings. The Morgan fingerprint density at radius 3 is 2.87 bits per heavy atom. The summed E-state index contributed by atoms with van der Waals surface area (Å²) in [6, 6.07) is 3.27. The van der Waals surface area contributed by atoms with Gasteiger partial charge in [0.25, 0.3) is 0 Å². The fourth-order valence-corrected chi connectivity index (χ4v) is 1.08. The van der Waals surface area contributed by atoms with Crippen molar-refractivity contribution >= 4 is 5.57 Å². The Morgan fingerprint density at radius 2 is 2.33 bits per heavy atom. The smallest absolute Gasteiger partial charge is 0.224 e. The van der Waals surface area contributed by atoms with Crippen LogP contribution in [0.3, 0.4) is 0 Å². The first-order valence-corrected chi connectivity index (χ1v) is 4.85. The second-order valence-electron chi connectivity index (χ2n) is 3.14. The number of allylic oxidation sites excluding steroid dienone is 1. The number of rotatable bonds is 4. The van der Waals surface area contributed by atoms with Gasteiger partial charge in [-0.3, -0.25) is 0 Å². The van der Waals surface area contributed by atoms with E-state index in [1.165, 1.54) is 0 Å². The molecule has 0 aliphatic carbocycles. The molecule has 0 radical (unpaired) electrons. The first-order valence-electron chi connectivity index (χ1n) is 4.85. The van der Waals surface area contributed by atoms with Gasteiger partial charge in [-0.15, -0.1) is 5.73 Å². The van der Waals surface area contributed by atoms with Crippen LogP contribution < -0.4 is 4.74 Å². The van der Waals surface area contributed by atoms with Crippen molar-refractivity contribution in [1.82, 2.24) is 4.98 Å². The number of nitrogens with zero attached hydrogens (tertiary/aromatic N) is 1. The molecule has 1 heterocycles. The van der Waals surface area contributed by atoms with Gasteiger partial charge in [0.1, 0.15) is 0 Å². The number of pyridine rings is 1. The molecular weight excluding hydrogens is 193 g/mol. The van der Waals surface area contributed by atoms with E-state index in [4.69, 9.17) is 4.74 Å². The first-order chi connectivity index (χ1) is 7.19. The molecule has 0 saturated carbocycles. The topological polar surface area (TPSA) is 22.1 Å². The van der Waals surface area contributed by atoms with Gasteiger partial charge in [0.05, 0.1) is 6.61 Å². The highest BCUT2D eigenvalue weighted by Crippen LogP contribution is 2.18. The number of aromatic nitrogens is 1. The first kappa shape index (κ1) is 11.5. The largest absolute Gasteiger partial charge is 0.478 e. The lowest BCUT2D eigenvalue weighted by Gasteiger charge is -2.05. The van der Waals surface area contributed by atoms with Gasteiger partial charge >= 0.3 is 0 Å². The van der Waals surface area contributed by atoms with Crippen molar-refractivity contribution in [2.45, 2.75) is 20.3 Å². The van der Waals surface area contributed by atoms with E-state index in [0.29, 0.717) is 23.6 Å². The lowest BCUT2D eigenvalue weighted by molar-refractivity contribution is 0.300. The third kappa shape index (κ3) is 2.93. The SMILES string of the molecule is C=C=C(C)c1ccc(OCCC)nc1F. The van der Waals surface area contributed by atoms with E-state index in [2.05, 4.69) is 17.3 Å². The van der Waals surface area contributed by atoms with Crippen molar-refractivity contribution in [3.05, 3.63) is 36.0 Å². The van der Waals surface area contributed by atoms with Gasteiger partial charge in [-0.05, 0) is 19.4 Å². The molecule has 0 saturated heterocycles. The van der Waals surface area contributed by atoms with Crippen LogP contribution in [0.1, 0.15) is 25.8 Å². The number of ether oxygens (including phenoxy) is 1. The molecule has 0 amide bonds. The van der Waals surface area contributed by atoms with Crippen LogP contribution in [-0.4, -0.2) is 11.6 Å². The van der Waals surface area contributed by atoms with E-state index in [1.54, 1.807) is 19.1 Å². The van der Waals surface area contributed by atoms with Gasteiger partial charge in [0.15, 0.2) is 0 Å². The summed E-state index contributed by atoms with van der Waals surface area (Å²) in [5.74, 6) is -0.229. The Bertz CT molecular complexity index is 395. The van der Waals surface area contributed by atoms with Gasteiger partial charge in [-0.25, -0.2) is 0 Å². The molecule has 0 fully saturated rings. The van der Waals surface area contributed by atoms with Gasteiger partial charge < -0.3 is 4.74 Å². The van der Waals surface area contributed by atoms with Crippen molar-refractivity contribution < 1.29 is 9.13 Å². The van der Waals surface area contributed by atoms with Gasteiger partial charge in [0.2, 0.25) is 11.8 Å². The lowest BCUT2D eigenvalue weighted by Crippen LogP contribution is -2.00. The van der Waals surface area contributed by atoms with Crippen molar-refractivity contribution in [2.75, 3.05) is 6.61 Å². The van der Waals surface area contributed by atoms with Crippen LogP contribution in [0.25, 0.3) is 5.57 Å². The minimum absolute atomic E-state index is 0.315. The Balaban J connectivity index is 2.93. The molecule has 1 aromatic heterocycles. The van der Waals surface area contributed by atoms with Crippen LogP contribution in [0.4, 0.5) is 4.39 Å². The second-order valence-corrected chi connectivity index (χ2v) is 3.14. The van der Waals surface area contributed by atoms with E-state index in [-0.39, 0.29) is 0 Å². The molecule has 0 spiro atoms. The van der Waals surface area contributed by atoms with E-state index in [0.717, 1.165) is 6.42 Å². The molecule has 0 aromatic carbocycles. The third-order valence-electron chi connectivity index (χ3n) is 1.95. The molecule has 1 rings (SSSR count). The minimum Gasteiger partial charge on any atom is -0.478 e. The average molecular weight is 207 g/mol. The zero-order valence-electron chi connectivity index (χ0n) is 9.01. The Kier molecular flexibility index (Phi) is 4.07. The monoisotopic (exact) mass is 207 g/mol. The number of hydrogen-bond acceptors (Lipinski definition) is 2. The average Bonchev–Trinajstić information content (AvgIpc) is 2.25. The quantitative estimate of drug-likeness (QED) is 0.558. The van der Waals surface area contributed by atoms with Crippen LogP contribution in [-0.2, 0) is 0 Å². The van der Waals surface area contributed by atoms with Crippen molar-refractivity contribution in [1.29, 1.82) is 0 Å². The molecule has 0 aliphatic rings. The second kappa shape index (κ2) is 5.32. The molecule has 0 unspecified atom stereocenters. The summed E-state index contributed by atoms with van der Waals surface area (Å²) in [5, 5.41) is 0. The zero-order chi connectivity index (χ0) is 11.3. The Hall–Kier alpha value is -1.60. The van der Waals surface area contributed by atoms with Crippen LogP contribution in [0.15, 0.2) is 24.4 Å². The van der Waals surface area contributed by atoms with E-state index in [9.17, 15) is 4.39 Å². The van der Waals surface area contributed by atoms with Gasteiger partial charge in [-0.2, -0.15) is 9.37 Å². The van der Waals surface area contributed by atoms with Crippen molar-refractivity contribution in [3.8, 4) is 5.88 Å². The predicted octanol–water partition coefficient (Wildman–Crippen LogP) is 3.20. The highest BCUT2D eigenvalue weighted by Gasteiger charge is 2.06. The van der Waals surface area contributed by atoms with Crippen molar-refractivity contribution in [2.24, 2.45) is 0 Å². The third-order valence-corrected chi connectivity index (χ3v) is 1.95. The maximum Gasteiger partial charge on any atom is 0.224 e. The summed E-state index contributed by atoms with van der Waals surface area (Å²) < 4.78 is 18.6. The Labute approximate surface area is 89.1 Å². The standard InChI is InChI=1S/C12H14FNO/c1-4-8-15-11-7-6-10(9(3)5-2)12(13)14-11/h6-7H,2,4,8H2,1,3H3. The summed E-state index contributed by atoms with van der Waals surface area (Å²) >= 11 is 0. The van der Waals surface area contributed by atoms with Crippen LogP contribution in [0, 0.1) is 5.95 Å². The highest BCUT2D eigenvalue weighted by molar-refractivity contribution is 5.62. The maximum absolute atomic E-state index is 13.4. The fourth-order valence-electron chi connectivity index (χ4n) is 1.08. The fraction of sp³-hybridized carbons (Fsp3) is 0.333. The molecule has 3 heteroatoms. The normalized spacial score (nSPS) is 9.53. The predicted molar refractivity (Wildman–Crippen MR) is 58.2 cm³/mol. The van der Waals surface area contributed by atoms with Crippen LogP contribution >= 0.6 is 0 Å². The molecule has 2 nitrogen and oxygen atoms in total. The van der Waals surface area contributed by atoms with E-state index >= 15 is 0 Å². The number of halogens is 1. The molecule has 15 heavy (non-hydrogen) atoms. The number of hydrogen-bond donors (Lipinski definition) is 0. The summed E-state index contributed by atoms with van der Waals surface area (Å²) in [6.07, 6.45) is 0.872. The van der Waals surface area contributed by atoms with Gasteiger partial charge in [-0.1, -0.05) is 13.5 Å². The highest BCUT2D eigenvalue weighted by atomic mass is 19.1. The van der Waals surface area contributed by atoms with Crippen LogP contribution in [0.5, 0.6) is 5.88 Å². The van der Waals surface area contributed by atoms with Gasteiger partial charge in [0, 0.05) is 17.2 Å². The van der Waals surface area contributed by atoms with E-state index < -0.39 is 5.95 Å². The minimum atomic E-state index is -0.544. The molecule has 0 bridgehead atoms. The zero-order valence-corrected chi connectivity index (χ0v) is 9.01. The molecule has 0 N–H and O–H groups in total. The lowest BCUT2D eigenvalue weighted by atomic mass is 10.1. The molecule has 80 valence electrons. The molecular formula is C12H14FNO. The molecule has 0 aliphatic heterocycles. The summed E-state index contributed by atoms with van der Waals surface area (Å²) in [7, 11) is 0. The maximum atomic E-state index is 13.4. The summed E-state index contributed by atoms with van der Waals surface area (Å²) in [4.78, 5) is 3.70. The summed E-state index contributed by atoms with van der Waals surface area (Å²) in [5.41, 5.74) is 3.68. The molecule has 0 atom stereocenters. The Morgan fingerprint density at radius 1 is 1.60 bits per heavy atom. The van der Waals surface area contributed by atoms with E-state index in [1.807, 2.05) is 6.92 Å². The summed E-state index contributed by atoms with van der Waals surface area (Å²) in [6.45, 7) is 7.72. The van der Waals surface area contributed by atoms with Crippen LogP contribution in [0.2, 0.25) is 0 Å².